The number of amides is 1. The van der Waals surface area contributed by atoms with Crippen LogP contribution in [0.3, 0.4) is 0 Å². The maximum absolute atomic E-state index is 13.0. The molecule has 0 saturated carbocycles. The lowest BCUT2D eigenvalue weighted by Crippen LogP contribution is -2.49. The summed E-state index contributed by atoms with van der Waals surface area (Å²) in [4.78, 5) is 30.0. The Hall–Kier alpha value is -3.24. The number of aromatic nitrogens is 4. The van der Waals surface area contributed by atoms with Gasteiger partial charge in [0.1, 0.15) is 12.9 Å². The lowest BCUT2D eigenvalue weighted by molar-refractivity contribution is -0.132. The number of nitrogens with zero attached hydrogens (tertiary/aromatic N) is 6. The molecule has 2 aliphatic rings. The standard InChI is InChI=1S/C24H26N6O3S/c1-34-22-14-20(30-16-25-26-27-30)4-3-18(22)13-23(31)29-10-8-28(9-11-29)7-6-17-2-5-21-19(12-17)15-33-24(21)32/h2-5,12,14,16H,6-11,13,15H2,1H3. The van der Waals surface area contributed by atoms with Crippen LogP contribution in [-0.2, 0) is 29.0 Å². The van der Waals surface area contributed by atoms with Gasteiger partial charge in [-0.1, -0.05) is 18.2 Å². The second-order valence-electron chi connectivity index (χ2n) is 8.47. The third-order valence-electron chi connectivity index (χ3n) is 6.42. The van der Waals surface area contributed by atoms with Crippen LogP contribution in [0.25, 0.3) is 5.69 Å². The van der Waals surface area contributed by atoms with E-state index in [2.05, 4.69) is 26.5 Å². The fraction of sp³-hybridized carbons (Fsp3) is 0.375. The number of piperazine rings is 1. The average Bonchev–Trinajstić information content (AvgIpc) is 3.53. The summed E-state index contributed by atoms with van der Waals surface area (Å²) in [5.41, 5.74) is 4.78. The zero-order chi connectivity index (χ0) is 23.5. The van der Waals surface area contributed by atoms with E-state index in [-0.39, 0.29) is 11.9 Å². The number of hydrogen-bond donors (Lipinski definition) is 0. The van der Waals surface area contributed by atoms with Gasteiger partial charge < -0.3 is 9.64 Å². The van der Waals surface area contributed by atoms with Crippen LogP contribution in [0.4, 0.5) is 0 Å². The zero-order valence-electron chi connectivity index (χ0n) is 19.0. The Morgan fingerprint density at radius 1 is 1.12 bits per heavy atom. The van der Waals surface area contributed by atoms with Gasteiger partial charge in [0, 0.05) is 43.2 Å². The van der Waals surface area contributed by atoms with E-state index in [0.29, 0.717) is 18.6 Å². The number of carbonyl (C=O) groups excluding carboxylic acids is 2. The molecule has 0 radical (unpaired) electrons. The molecule has 1 saturated heterocycles. The molecular formula is C24H26N6O3S. The van der Waals surface area contributed by atoms with Crippen LogP contribution in [0, 0.1) is 0 Å². The van der Waals surface area contributed by atoms with E-state index in [1.165, 1.54) is 5.56 Å². The Bertz CT molecular complexity index is 1190. The Morgan fingerprint density at radius 2 is 1.97 bits per heavy atom. The van der Waals surface area contributed by atoms with Crippen molar-refractivity contribution in [2.75, 3.05) is 39.0 Å². The molecule has 34 heavy (non-hydrogen) atoms. The minimum absolute atomic E-state index is 0.161. The van der Waals surface area contributed by atoms with Gasteiger partial charge in [-0.2, -0.15) is 0 Å². The lowest BCUT2D eigenvalue weighted by atomic mass is 10.0. The molecule has 0 N–H and O–H groups in total. The Kier molecular flexibility index (Phi) is 6.59. The monoisotopic (exact) mass is 478 g/mol. The minimum Gasteiger partial charge on any atom is -0.457 e. The zero-order valence-corrected chi connectivity index (χ0v) is 19.8. The first-order valence-electron chi connectivity index (χ1n) is 11.3. The average molecular weight is 479 g/mol. The van der Waals surface area contributed by atoms with Gasteiger partial charge in [0.15, 0.2) is 0 Å². The van der Waals surface area contributed by atoms with Gasteiger partial charge in [-0.25, -0.2) is 9.48 Å². The summed E-state index contributed by atoms with van der Waals surface area (Å²) in [6.07, 6.45) is 4.88. The van der Waals surface area contributed by atoms with E-state index in [1.807, 2.05) is 41.5 Å². The minimum atomic E-state index is -0.226. The normalized spacial score (nSPS) is 15.9. The van der Waals surface area contributed by atoms with Crippen LogP contribution in [0.2, 0.25) is 0 Å². The van der Waals surface area contributed by atoms with Crippen molar-refractivity contribution in [2.45, 2.75) is 24.3 Å². The molecule has 0 unspecified atom stereocenters. The summed E-state index contributed by atoms with van der Waals surface area (Å²) in [6.45, 7) is 4.52. The highest BCUT2D eigenvalue weighted by Gasteiger charge is 2.23. The summed E-state index contributed by atoms with van der Waals surface area (Å²) in [7, 11) is 0. The fourth-order valence-corrected chi connectivity index (χ4v) is 5.07. The second kappa shape index (κ2) is 9.94. The molecule has 9 nitrogen and oxygen atoms in total. The molecule has 0 spiro atoms. The third kappa shape index (κ3) is 4.83. The molecule has 10 heteroatoms. The van der Waals surface area contributed by atoms with Crippen molar-refractivity contribution < 1.29 is 14.3 Å². The summed E-state index contributed by atoms with van der Waals surface area (Å²) < 4.78 is 6.70. The Morgan fingerprint density at radius 3 is 2.74 bits per heavy atom. The summed E-state index contributed by atoms with van der Waals surface area (Å²) in [5, 5.41) is 11.3. The predicted molar refractivity (Wildman–Crippen MR) is 127 cm³/mol. The van der Waals surface area contributed by atoms with E-state index < -0.39 is 0 Å². The summed E-state index contributed by atoms with van der Waals surface area (Å²) in [5.74, 6) is -0.0659. The number of cyclic esters (lactones) is 1. The Labute approximate surface area is 202 Å². The first kappa shape index (κ1) is 22.5. The number of hydrogen-bond acceptors (Lipinski definition) is 8. The highest BCUT2D eigenvalue weighted by molar-refractivity contribution is 7.98. The van der Waals surface area contributed by atoms with Crippen molar-refractivity contribution >= 4 is 23.6 Å². The van der Waals surface area contributed by atoms with Crippen molar-refractivity contribution in [1.29, 1.82) is 0 Å². The van der Waals surface area contributed by atoms with Crippen molar-refractivity contribution in [3.63, 3.8) is 0 Å². The van der Waals surface area contributed by atoms with Gasteiger partial charge in [0.25, 0.3) is 0 Å². The fourth-order valence-electron chi connectivity index (χ4n) is 4.43. The Balaban J connectivity index is 1.12. The van der Waals surface area contributed by atoms with Gasteiger partial charge >= 0.3 is 5.97 Å². The van der Waals surface area contributed by atoms with Gasteiger partial charge in [0.05, 0.1) is 17.7 Å². The van der Waals surface area contributed by atoms with Crippen LogP contribution in [-0.4, -0.2) is 80.9 Å². The third-order valence-corrected chi connectivity index (χ3v) is 7.24. The molecule has 3 heterocycles. The SMILES string of the molecule is CSc1cc(-n2cnnn2)ccc1CC(=O)N1CCN(CCc2ccc3c(c2)COC3=O)CC1. The molecule has 2 aliphatic heterocycles. The maximum Gasteiger partial charge on any atom is 0.338 e. The van der Waals surface area contributed by atoms with E-state index in [4.69, 9.17) is 4.74 Å². The van der Waals surface area contributed by atoms with Crippen LogP contribution in [0.1, 0.15) is 27.0 Å². The first-order valence-corrected chi connectivity index (χ1v) is 12.5. The van der Waals surface area contributed by atoms with Crippen molar-refractivity contribution in [3.8, 4) is 5.69 Å². The summed E-state index contributed by atoms with van der Waals surface area (Å²) >= 11 is 1.62. The van der Waals surface area contributed by atoms with E-state index >= 15 is 0 Å². The highest BCUT2D eigenvalue weighted by atomic mass is 32.2. The number of esters is 1. The first-order chi connectivity index (χ1) is 16.6. The smallest absolute Gasteiger partial charge is 0.338 e. The van der Waals surface area contributed by atoms with E-state index in [9.17, 15) is 9.59 Å². The van der Waals surface area contributed by atoms with Crippen molar-refractivity contribution in [1.82, 2.24) is 30.0 Å². The molecule has 1 aromatic heterocycles. The van der Waals surface area contributed by atoms with E-state index in [1.54, 1.807) is 22.8 Å². The van der Waals surface area contributed by atoms with Gasteiger partial charge in [-0.05, 0) is 52.4 Å². The molecule has 2 aromatic carbocycles. The van der Waals surface area contributed by atoms with Gasteiger partial charge in [-0.15, -0.1) is 16.9 Å². The van der Waals surface area contributed by atoms with Crippen molar-refractivity contribution in [3.05, 3.63) is 65.0 Å². The highest BCUT2D eigenvalue weighted by Crippen LogP contribution is 2.25. The molecule has 176 valence electrons. The molecular weight excluding hydrogens is 452 g/mol. The molecule has 5 rings (SSSR count). The van der Waals surface area contributed by atoms with Gasteiger partial charge in [0.2, 0.25) is 5.91 Å². The number of ether oxygens (including phenoxy) is 1. The molecule has 3 aromatic rings. The number of benzene rings is 2. The van der Waals surface area contributed by atoms with Crippen LogP contribution in [0.15, 0.2) is 47.6 Å². The van der Waals surface area contributed by atoms with Gasteiger partial charge in [-0.3, -0.25) is 9.69 Å². The lowest BCUT2D eigenvalue weighted by Gasteiger charge is -2.35. The number of thioether (sulfide) groups is 1. The molecule has 0 aliphatic carbocycles. The second-order valence-corrected chi connectivity index (χ2v) is 9.32. The largest absolute Gasteiger partial charge is 0.457 e. The van der Waals surface area contributed by atoms with Crippen LogP contribution in [0.5, 0.6) is 0 Å². The maximum atomic E-state index is 13.0. The van der Waals surface area contributed by atoms with E-state index in [0.717, 1.165) is 60.9 Å². The predicted octanol–water partition coefficient (Wildman–Crippen LogP) is 1.98. The molecule has 0 atom stereocenters. The van der Waals surface area contributed by atoms with Crippen LogP contribution < -0.4 is 0 Å². The number of tetrazole rings is 1. The quantitative estimate of drug-likeness (QED) is 0.376. The number of rotatable bonds is 7. The molecule has 1 fully saturated rings. The number of fused-ring (bicyclic) bond motifs is 1. The summed E-state index contributed by atoms with van der Waals surface area (Å²) in [6, 6.07) is 11.9. The number of carbonyl (C=O) groups is 2. The van der Waals surface area contributed by atoms with Crippen molar-refractivity contribution in [2.24, 2.45) is 0 Å². The molecule has 1 amide bonds. The molecule has 0 bridgehead atoms. The topological polar surface area (TPSA) is 93.5 Å². The van der Waals surface area contributed by atoms with Crippen LogP contribution >= 0.6 is 11.8 Å².